The second-order valence-electron chi connectivity index (χ2n) is 4.94. The van der Waals surface area contributed by atoms with Crippen LogP contribution in [0.2, 0.25) is 0 Å². The molecule has 1 amide bonds. The van der Waals surface area contributed by atoms with Crippen molar-refractivity contribution in [1.29, 1.82) is 0 Å². The van der Waals surface area contributed by atoms with Crippen molar-refractivity contribution in [3.05, 3.63) is 48.7 Å². The Morgan fingerprint density at radius 2 is 1.80 bits per heavy atom. The first-order chi connectivity index (χ1) is 9.58. The van der Waals surface area contributed by atoms with Crippen molar-refractivity contribution in [2.45, 2.75) is 13.8 Å². The van der Waals surface area contributed by atoms with Crippen molar-refractivity contribution < 1.29 is 4.79 Å². The van der Waals surface area contributed by atoms with Gasteiger partial charge in [-0.3, -0.25) is 4.79 Å². The maximum Gasteiger partial charge on any atom is 0.228 e. The van der Waals surface area contributed by atoms with Crippen LogP contribution in [0.4, 0.5) is 17.2 Å². The maximum absolute atomic E-state index is 11.6. The van der Waals surface area contributed by atoms with Gasteiger partial charge in [-0.15, -0.1) is 0 Å². The predicted molar refractivity (Wildman–Crippen MR) is 82.2 cm³/mol. The summed E-state index contributed by atoms with van der Waals surface area (Å²) in [6.07, 6.45) is 1.75. The zero-order valence-electron chi connectivity index (χ0n) is 12.0. The zero-order chi connectivity index (χ0) is 14.5. The minimum atomic E-state index is -0.0523. The molecule has 0 saturated carbocycles. The van der Waals surface area contributed by atoms with Crippen LogP contribution in [0.1, 0.15) is 13.8 Å². The molecule has 0 aliphatic heterocycles. The highest BCUT2D eigenvalue weighted by atomic mass is 16.1. The van der Waals surface area contributed by atoms with Gasteiger partial charge in [-0.1, -0.05) is 32.0 Å². The highest BCUT2D eigenvalue weighted by Crippen LogP contribution is 2.23. The van der Waals surface area contributed by atoms with E-state index in [2.05, 4.69) is 10.3 Å². The summed E-state index contributed by atoms with van der Waals surface area (Å²) in [5.74, 6) is 0.499. The van der Waals surface area contributed by atoms with E-state index in [1.54, 1.807) is 6.20 Å². The van der Waals surface area contributed by atoms with Gasteiger partial charge in [-0.05, 0) is 24.3 Å². The van der Waals surface area contributed by atoms with Crippen molar-refractivity contribution in [3.63, 3.8) is 0 Å². The molecule has 0 fully saturated rings. The van der Waals surface area contributed by atoms with Crippen LogP contribution in [0.5, 0.6) is 0 Å². The lowest BCUT2D eigenvalue weighted by Gasteiger charge is -2.19. The number of anilines is 3. The molecular formula is C16H19N3O. The molecule has 2 aromatic rings. The van der Waals surface area contributed by atoms with Crippen LogP contribution in [-0.4, -0.2) is 17.9 Å². The molecule has 0 radical (unpaired) electrons. The molecule has 0 aliphatic rings. The van der Waals surface area contributed by atoms with Gasteiger partial charge in [0.2, 0.25) is 5.91 Å². The molecule has 2 rings (SSSR count). The first-order valence-corrected chi connectivity index (χ1v) is 6.63. The van der Waals surface area contributed by atoms with Crippen LogP contribution in [-0.2, 0) is 4.79 Å². The third kappa shape index (κ3) is 3.35. The number of amides is 1. The molecular weight excluding hydrogens is 250 g/mol. The molecule has 1 heterocycles. The summed E-state index contributed by atoms with van der Waals surface area (Å²) in [6, 6.07) is 13.8. The molecule has 104 valence electrons. The van der Waals surface area contributed by atoms with Crippen LogP contribution >= 0.6 is 0 Å². The summed E-state index contributed by atoms with van der Waals surface area (Å²) in [7, 11) is 1.98. The molecule has 0 saturated heterocycles. The number of hydrogen-bond acceptors (Lipinski definition) is 3. The topological polar surface area (TPSA) is 45.2 Å². The largest absolute Gasteiger partial charge is 0.343 e. The Kier molecular flexibility index (Phi) is 4.35. The van der Waals surface area contributed by atoms with Crippen LogP contribution in [0.3, 0.4) is 0 Å². The number of nitrogens with zero attached hydrogens (tertiary/aromatic N) is 2. The second kappa shape index (κ2) is 6.19. The fraction of sp³-hybridized carbons (Fsp3) is 0.250. The van der Waals surface area contributed by atoms with E-state index in [4.69, 9.17) is 0 Å². The Balaban J connectivity index is 2.10. The minimum absolute atomic E-state index is 0.0262. The number of nitrogens with one attached hydrogen (secondary N) is 1. The summed E-state index contributed by atoms with van der Waals surface area (Å²) in [4.78, 5) is 17.9. The van der Waals surface area contributed by atoms with Crippen LogP contribution in [0.15, 0.2) is 48.7 Å². The fourth-order valence-corrected chi connectivity index (χ4v) is 1.73. The summed E-state index contributed by atoms with van der Waals surface area (Å²) in [6.45, 7) is 3.71. The maximum atomic E-state index is 11.6. The SMILES string of the molecule is CC(C)C(=O)Nc1ccc(N(C)c2ccccc2)cn1. The van der Waals surface area contributed by atoms with Gasteiger partial charge in [0.25, 0.3) is 0 Å². The molecule has 1 aromatic carbocycles. The zero-order valence-corrected chi connectivity index (χ0v) is 12.0. The molecule has 0 atom stereocenters. The molecule has 1 aromatic heterocycles. The van der Waals surface area contributed by atoms with E-state index in [1.165, 1.54) is 0 Å². The summed E-state index contributed by atoms with van der Waals surface area (Å²) >= 11 is 0. The number of para-hydroxylation sites is 1. The van der Waals surface area contributed by atoms with Gasteiger partial charge in [0, 0.05) is 18.7 Å². The molecule has 4 heteroatoms. The van der Waals surface area contributed by atoms with Gasteiger partial charge in [0.1, 0.15) is 5.82 Å². The van der Waals surface area contributed by atoms with E-state index >= 15 is 0 Å². The number of aromatic nitrogens is 1. The molecule has 0 aliphatic carbocycles. The number of hydrogen-bond donors (Lipinski definition) is 1. The highest BCUT2D eigenvalue weighted by Gasteiger charge is 2.08. The molecule has 20 heavy (non-hydrogen) atoms. The van der Waals surface area contributed by atoms with Gasteiger partial charge in [-0.2, -0.15) is 0 Å². The Bertz CT molecular complexity index is 564. The number of pyridine rings is 1. The summed E-state index contributed by atoms with van der Waals surface area (Å²) < 4.78 is 0. The predicted octanol–water partition coefficient (Wildman–Crippen LogP) is 3.44. The monoisotopic (exact) mass is 269 g/mol. The van der Waals surface area contributed by atoms with Gasteiger partial charge in [-0.25, -0.2) is 4.98 Å². The Labute approximate surface area is 119 Å². The second-order valence-corrected chi connectivity index (χ2v) is 4.94. The van der Waals surface area contributed by atoms with Crippen molar-refractivity contribution >= 4 is 23.1 Å². The first-order valence-electron chi connectivity index (χ1n) is 6.63. The van der Waals surface area contributed by atoms with E-state index < -0.39 is 0 Å². The van der Waals surface area contributed by atoms with Gasteiger partial charge in [0.05, 0.1) is 11.9 Å². The molecule has 1 N–H and O–H groups in total. The minimum Gasteiger partial charge on any atom is -0.343 e. The van der Waals surface area contributed by atoms with E-state index in [1.807, 2.05) is 68.3 Å². The Hall–Kier alpha value is -2.36. The number of rotatable bonds is 4. The molecule has 0 unspecified atom stereocenters. The number of benzene rings is 1. The van der Waals surface area contributed by atoms with Gasteiger partial charge in [0.15, 0.2) is 0 Å². The Morgan fingerprint density at radius 3 is 2.35 bits per heavy atom. The van der Waals surface area contributed by atoms with Crippen LogP contribution in [0.25, 0.3) is 0 Å². The van der Waals surface area contributed by atoms with Crippen LogP contribution < -0.4 is 10.2 Å². The first kappa shape index (κ1) is 14.1. The average molecular weight is 269 g/mol. The lowest BCUT2D eigenvalue weighted by Crippen LogP contribution is -2.18. The smallest absolute Gasteiger partial charge is 0.228 e. The number of carbonyl (C=O) groups excluding carboxylic acids is 1. The standard InChI is InChI=1S/C16H19N3O/c1-12(2)16(20)18-15-10-9-14(11-17-15)19(3)13-7-5-4-6-8-13/h4-12H,1-3H3,(H,17,18,20). The van der Waals surface area contributed by atoms with Gasteiger partial charge >= 0.3 is 0 Å². The van der Waals surface area contributed by atoms with Crippen molar-refractivity contribution in [1.82, 2.24) is 4.98 Å². The van der Waals surface area contributed by atoms with E-state index in [0.29, 0.717) is 5.82 Å². The lowest BCUT2D eigenvalue weighted by atomic mass is 10.2. The quantitative estimate of drug-likeness (QED) is 0.924. The summed E-state index contributed by atoms with van der Waals surface area (Å²) in [5, 5.41) is 2.78. The van der Waals surface area contributed by atoms with E-state index in [0.717, 1.165) is 11.4 Å². The number of carbonyl (C=O) groups is 1. The van der Waals surface area contributed by atoms with Crippen molar-refractivity contribution in [2.75, 3.05) is 17.3 Å². The third-order valence-electron chi connectivity index (χ3n) is 3.05. The van der Waals surface area contributed by atoms with Gasteiger partial charge < -0.3 is 10.2 Å². The average Bonchev–Trinajstić information content (AvgIpc) is 2.48. The third-order valence-corrected chi connectivity index (χ3v) is 3.05. The molecule has 4 nitrogen and oxygen atoms in total. The van der Waals surface area contributed by atoms with Crippen LogP contribution in [0, 0.1) is 5.92 Å². The highest BCUT2D eigenvalue weighted by molar-refractivity contribution is 5.91. The van der Waals surface area contributed by atoms with E-state index in [9.17, 15) is 4.79 Å². The molecule has 0 bridgehead atoms. The fourth-order valence-electron chi connectivity index (χ4n) is 1.73. The lowest BCUT2D eigenvalue weighted by molar-refractivity contribution is -0.118. The Morgan fingerprint density at radius 1 is 1.10 bits per heavy atom. The van der Waals surface area contributed by atoms with E-state index in [-0.39, 0.29) is 11.8 Å². The van der Waals surface area contributed by atoms with Crippen molar-refractivity contribution in [3.8, 4) is 0 Å². The van der Waals surface area contributed by atoms with Crippen molar-refractivity contribution in [2.24, 2.45) is 5.92 Å². The normalized spacial score (nSPS) is 10.4. The summed E-state index contributed by atoms with van der Waals surface area (Å²) in [5.41, 5.74) is 2.06. The molecule has 0 spiro atoms.